The van der Waals surface area contributed by atoms with Crippen LogP contribution >= 0.6 is 12.2 Å². The molecular weight excluding hydrogens is 222 g/mol. The molecule has 88 valence electrons. The highest BCUT2D eigenvalue weighted by molar-refractivity contribution is 7.71. The first-order valence-corrected chi connectivity index (χ1v) is 6.15. The highest BCUT2D eigenvalue weighted by Crippen LogP contribution is 2.17. The van der Waals surface area contributed by atoms with Crippen molar-refractivity contribution in [2.75, 3.05) is 13.1 Å². The number of nitrogens with one attached hydrogen (secondary N) is 1. The number of hydrogen-bond donors (Lipinski definition) is 1. The van der Waals surface area contributed by atoms with Crippen molar-refractivity contribution in [2.45, 2.75) is 32.4 Å². The molecule has 1 unspecified atom stereocenters. The Kier molecular flexibility index (Phi) is 3.56. The number of nitrogens with zero attached hydrogens (tertiary/aromatic N) is 2. The molecule has 4 nitrogen and oxygen atoms in total. The summed E-state index contributed by atoms with van der Waals surface area (Å²) in [5.41, 5.74) is -0.125. The van der Waals surface area contributed by atoms with Gasteiger partial charge in [-0.3, -0.25) is 14.7 Å². The smallest absolute Gasteiger partial charge is 0.251 e. The van der Waals surface area contributed by atoms with E-state index in [-0.39, 0.29) is 5.56 Å². The summed E-state index contributed by atoms with van der Waals surface area (Å²) in [6, 6.07) is 2.09. The topological polar surface area (TPSA) is 41.0 Å². The van der Waals surface area contributed by atoms with Gasteiger partial charge in [-0.05, 0) is 38.1 Å². The van der Waals surface area contributed by atoms with Gasteiger partial charge in [-0.15, -0.1) is 0 Å². The number of aromatic amines is 1. The third kappa shape index (κ3) is 2.41. The molecule has 0 saturated carbocycles. The van der Waals surface area contributed by atoms with Gasteiger partial charge in [0.25, 0.3) is 5.56 Å². The van der Waals surface area contributed by atoms with Crippen molar-refractivity contribution in [2.24, 2.45) is 0 Å². The zero-order valence-electron chi connectivity index (χ0n) is 9.48. The van der Waals surface area contributed by atoms with Crippen molar-refractivity contribution in [3.8, 4) is 0 Å². The predicted molar refractivity (Wildman–Crippen MR) is 66.2 cm³/mol. The molecule has 0 bridgehead atoms. The van der Waals surface area contributed by atoms with E-state index in [2.05, 4.69) is 16.8 Å². The summed E-state index contributed by atoms with van der Waals surface area (Å²) >= 11 is 5.14. The van der Waals surface area contributed by atoms with Crippen LogP contribution in [-0.4, -0.2) is 33.6 Å². The SMILES string of the molecule is CCN1CCCC1Cn1ccc(=O)[nH]c1=S. The summed E-state index contributed by atoms with van der Waals surface area (Å²) in [5, 5.41) is 0. The van der Waals surface area contributed by atoms with E-state index in [1.165, 1.54) is 25.5 Å². The van der Waals surface area contributed by atoms with Crippen LogP contribution in [0.2, 0.25) is 0 Å². The minimum atomic E-state index is -0.125. The molecule has 5 heteroatoms. The predicted octanol–water partition coefficient (Wildman–Crippen LogP) is 1.39. The summed E-state index contributed by atoms with van der Waals surface area (Å²) in [5.74, 6) is 0. The normalized spacial score (nSPS) is 21.4. The second-order valence-corrected chi connectivity index (χ2v) is 4.57. The van der Waals surface area contributed by atoms with Gasteiger partial charge in [-0.1, -0.05) is 6.92 Å². The highest BCUT2D eigenvalue weighted by atomic mass is 32.1. The van der Waals surface area contributed by atoms with Gasteiger partial charge in [0, 0.05) is 24.8 Å². The van der Waals surface area contributed by atoms with Crippen LogP contribution < -0.4 is 5.56 Å². The van der Waals surface area contributed by atoms with Crippen molar-refractivity contribution >= 4 is 12.2 Å². The summed E-state index contributed by atoms with van der Waals surface area (Å²) in [6.07, 6.45) is 4.26. The number of H-pyrrole nitrogens is 1. The zero-order valence-corrected chi connectivity index (χ0v) is 10.3. The van der Waals surface area contributed by atoms with E-state index in [4.69, 9.17) is 12.2 Å². The lowest BCUT2D eigenvalue weighted by Crippen LogP contribution is -2.33. The van der Waals surface area contributed by atoms with Crippen molar-refractivity contribution in [1.82, 2.24) is 14.5 Å². The molecule has 0 amide bonds. The van der Waals surface area contributed by atoms with Crippen LogP contribution in [0.3, 0.4) is 0 Å². The molecule has 0 spiro atoms. The molecule has 1 aliphatic heterocycles. The summed E-state index contributed by atoms with van der Waals surface area (Å²) in [7, 11) is 0. The molecule has 0 radical (unpaired) electrons. The number of aromatic nitrogens is 2. The fraction of sp³-hybridized carbons (Fsp3) is 0.636. The van der Waals surface area contributed by atoms with Crippen LogP contribution in [0.1, 0.15) is 19.8 Å². The zero-order chi connectivity index (χ0) is 11.5. The molecule has 1 atom stereocenters. The van der Waals surface area contributed by atoms with Crippen LogP contribution in [0.4, 0.5) is 0 Å². The molecule has 1 aromatic heterocycles. The molecule has 1 saturated heterocycles. The third-order valence-electron chi connectivity index (χ3n) is 3.21. The van der Waals surface area contributed by atoms with Crippen LogP contribution in [0.15, 0.2) is 17.1 Å². The van der Waals surface area contributed by atoms with Gasteiger partial charge < -0.3 is 4.57 Å². The van der Waals surface area contributed by atoms with Crippen molar-refractivity contribution in [3.63, 3.8) is 0 Å². The number of likely N-dealkylation sites (N-methyl/N-ethyl adjacent to an activating group) is 1. The average Bonchev–Trinajstić information content (AvgIpc) is 2.69. The fourth-order valence-corrected chi connectivity index (χ4v) is 2.57. The van der Waals surface area contributed by atoms with Gasteiger partial charge >= 0.3 is 0 Å². The lowest BCUT2D eigenvalue weighted by atomic mass is 10.2. The molecule has 2 heterocycles. The van der Waals surface area contributed by atoms with Gasteiger partial charge in [-0.2, -0.15) is 0 Å². The lowest BCUT2D eigenvalue weighted by Gasteiger charge is -2.23. The lowest BCUT2D eigenvalue weighted by molar-refractivity contribution is 0.243. The Hall–Kier alpha value is -0.940. The molecule has 1 fully saturated rings. The van der Waals surface area contributed by atoms with Gasteiger partial charge in [0.2, 0.25) is 0 Å². The van der Waals surface area contributed by atoms with E-state index in [0.29, 0.717) is 10.8 Å². The summed E-state index contributed by atoms with van der Waals surface area (Å²) in [6.45, 7) is 5.33. The van der Waals surface area contributed by atoms with Gasteiger partial charge in [0.05, 0.1) is 0 Å². The Bertz CT molecular complexity index is 465. The van der Waals surface area contributed by atoms with Crippen molar-refractivity contribution in [1.29, 1.82) is 0 Å². The Balaban J connectivity index is 2.14. The van der Waals surface area contributed by atoms with E-state index in [1.807, 2.05) is 4.57 Å². The quantitative estimate of drug-likeness (QED) is 0.810. The van der Waals surface area contributed by atoms with Crippen LogP contribution in [0.5, 0.6) is 0 Å². The van der Waals surface area contributed by atoms with Gasteiger partial charge in [0.1, 0.15) is 0 Å². The maximum absolute atomic E-state index is 11.1. The molecule has 1 aliphatic rings. The Morgan fingerprint density at radius 2 is 2.44 bits per heavy atom. The molecule has 16 heavy (non-hydrogen) atoms. The molecule has 0 aliphatic carbocycles. The molecular formula is C11H17N3OS. The number of rotatable bonds is 3. The number of likely N-dealkylation sites (tertiary alicyclic amines) is 1. The molecule has 0 aromatic carbocycles. The number of hydrogen-bond acceptors (Lipinski definition) is 3. The Morgan fingerprint density at radius 1 is 1.62 bits per heavy atom. The first-order chi connectivity index (χ1) is 7.70. The van der Waals surface area contributed by atoms with Crippen LogP contribution in [0, 0.1) is 4.77 Å². The van der Waals surface area contributed by atoms with E-state index >= 15 is 0 Å². The second kappa shape index (κ2) is 4.93. The third-order valence-corrected chi connectivity index (χ3v) is 3.55. The van der Waals surface area contributed by atoms with Crippen molar-refractivity contribution in [3.05, 3.63) is 27.4 Å². The molecule has 2 rings (SSSR count). The second-order valence-electron chi connectivity index (χ2n) is 4.19. The van der Waals surface area contributed by atoms with Crippen LogP contribution in [0.25, 0.3) is 0 Å². The fourth-order valence-electron chi connectivity index (χ4n) is 2.33. The summed E-state index contributed by atoms with van der Waals surface area (Å²) < 4.78 is 2.48. The molecule has 1 aromatic rings. The van der Waals surface area contributed by atoms with Gasteiger partial charge in [0.15, 0.2) is 4.77 Å². The maximum Gasteiger partial charge on any atom is 0.251 e. The van der Waals surface area contributed by atoms with Gasteiger partial charge in [-0.25, -0.2) is 0 Å². The highest BCUT2D eigenvalue weighted by Gasteiger charge is 2.22. The Labute approximate surface area is 99.9 Å². The first-order valence-electron chi connectivity index (χ1n) is 5.74. The standard InChI is InChI=1S/C11H17N3OS/c1-2-13-6-3-4-9(13)8-14-7-5-10(15)12-11(14)16/h5,7,9H,2-4,6,8H2,1H3,(H,12,15,16). The van der Waals surface area contributed by atoms with Crippen LogP contribution in [-0.2, 0) is 6.54 Å². The minimum Gasteiger partial charge on any atom is -0.324 e. The summed E-state index contributed by atoms with van der Waals surface area (Å²) in [4.78, 5) is 16.2. The minimum absolute atomic E-state index is 0.125. The van der Waals surface area contributed by atoms with E-state index < -0.39 is 0 Å². The average molecular weight is 239 g/mol. The molecule has 1 N–H and O–H groups in total. The Morgan fingerprint density at radius 3 is 3.12 bits per heavy atom. The maximum atomic E-state index is 11.1. The van der Waals surface area contributed by atoms with Crippen molar-refractivity contribution < 1.29 is 0 Å². The van der Waals surface area contributed by atoms with E-state index in [0.717, 1.165) is 13.1 Å². The first kappa shape index (κ1) is 11.5. The monoisotopic (exact) mass is 239 g/mol. The van der Waals surface area contributed by atoms with E-state index in [9.17, 15) is 4.79 Å². The van der Waals surface area contributed by atoms with E-state index in [1.54, 1.807) is 6.20 Å². The largest absolute Gasteiger partial charge is 0.324 e.